The van der Waals surface area contributed by atoms with E-state index in [1.165, 1.54) is 11.8 Å². The van der Waals surface area contributed by atoms with E-state index in [0.29, 0.717) is 6.61 Å². The lowest BCUT2D eigenvalue weighted by Gasteiger charge is -2.02. The van der Waals surface area contributed by atoms with Crippen LogP contribution < -0.4 is 0 Å². The molecule has 4 heteroatoms. The van der Waals surface area contributed by atoms with Crippen molar-refractivity contribution in [3.05, 3.63) is 0 Å². The van der Waals surface area contributed by atoms with Gasteiger partial charge in [0.15, 0.2) is 5.12 Å². The molecule has 0 spiro atoms. The highest BCUT2D eigenvalue weighted by atomic mass is 32.2. The van der Waals surface area contributed by atoms with Crippen molar-refractivity contribution in [2.75, 3.05) is 13.2 Å². The number of carbonyl (C=O) groups excluding carboxylic acids is 1. The van der Waals surface area contributed by atoms with Crippen LogP contribution in [0.25, 0.3) is 0 Å². The molecular weight excluding hydrogens is 164 g/mol. The highest BCUT2D eigenvalue weighted by molar-refractivity contribution is 8.14. The van der Waals surface area contributed by atoms with Crippen molar-refractivity contribution in [3.63, 3.8) is 0 Å². The number of rotatable bonds is 2. The summed E-state index contributed by atoms with van der Waals surface area (Å²) in [4.78, 5) is 10.6. The van der Waals surface area contributed by atoms with Gasteiger partial charge >= 0.3 is 0 Å². The second kappa shape index (κ2) is 4.09. The molecular formula is C7H12O3S. The van der Waals surface area contributed by atoms with E-state index < -0.39 is 0 Å². The van der Waals surface area contributed by atoms with Crippen molar-refractivity contribution in [2.24, 2.45) is 0 Å². The number of hydrogen-bond acceptors (Lipinski definition) is 4. The summed E-state index contributed by atoms with van der Waals surface area (Å²) >= 11 is 1.31. The molecule has 1 heterocycles. The average Bonchev–Trinajstić information content (AvgIpc) is 2.34. The predicted octanol–water partition coefficient (Wildman–Crippen LogP) is 0.416. The van der Waals surface area contributed by atoms with Gasteiger partial charge in [0, 0.05) is 12.2 Å². The zero-order valence-corrected chi connectivity index (χ0v) is 7.26. The van der Waals surface area contributed by atoms with Crippen LogP contribution in [0.1, 0.15) is 13.3 Å². The van der Waals surface area contributed by atoms with Crippen molar-refractivity contribution in [2.45, 2.75) is 24.7 Å². The van der Waals surface area contributed by atoms with E-state index in [4.69, 9.17) is 9.84 Å². The Morgan fingerprint density at radius 2 is 2.55 bits per heavy atom. The fourth-order valence-electron chi connectivity index (χ4n) is 1.12. The Bertz CT molecular complexity index is 149. The van der Waals surface area contributed by atoms with Crippen molar-refractivity contribution in [1.82, 2.24) is 0 Å². The average molecular weight is 176 g/mol. The van der Waals surface area contributed by atoms with Crippen LogP contribution in [0.4, 0.5) is 0 Å². The molecule has 0 aromatic carbocycles. The Balaban J connectivity index is 2.24. The molecule has 0 aliphatic carbocycles. The predicted molar refractivity (Wildman–Crippen MR) is 43.5 cm³/mol. The van der Waals surface area contributed by atoms with Gasteiger partial charge in [-0.1, -0.05) is 11.8 Å². The summed E-state index contributed by atoms with van der Waals surface area (Å²) in [5, 5.41) is 9.08. The molecule has 1 saturated heterocycles. The number of aliphatic hydroxyl groups is 1. The maximum atomic E-state index is 10.6. The molecule has 0 aromatic rings. The lowest BCUT2D eigenvalue weighted by atomic mass is 10.2. The third-order valence-corrected chi connectivity index (χ3v) is 2.57. The van der Waals surface area contributed by atoms with Gasteiger partial charge in [-0.15, -0.1) is 0 Å². The maximum Gasteiger partial charge on any atom is 0.186 e. The Morgan fingerprint density at radius 1 is 1.82 bits per heavy atom. The molecule has 64 valence electrons. The molecule has 0 amide bonds. The van der Waals surface area contributed by atoms with E-state index in [1.54, 1.807) is 6.92 Å². The third-order valence-electron chi connectivity index (χ3n) is 1.58. The molecule has 0 saturated carbocycles. The number of hydrogen-bond donors (Lipinski definition) is 1. The van der Waals surface area contributed by atoms with E-state index >= 15 is 0 Å². The molecule has 3 nitrogen and oxygen atoms in total. The molecule has 0 unspecified atom stereocenters. The first-order chi connectivity index (χ1) is 5.22. The number of thioether (sulfide) groups is 1. The van der Waals surface area contributed by atoms with Gasteiger partial charge in [-0.3, -0.25) is 4.79 Å². The first kappa shape index (κ1) is 9.03. The van der Waals surface area contributed by atoms with Gasteiger partial charge in [0.1, 0.15) is 0 Å². The zero-order valence-electron chi connectivity index (χ0n) is 6.45. The van der Waals surface area contributed by atoms with Gasteiger partial charge in [-0.05, 0) is 6.42 Å². The first-order valence-corrected chi connectivity index (χ1v) is 4.50. The second-order valence-electron chi connectivity index (χ2n) is 2.61. The summed E-state index contributed by atoms with van der Waals surface area (Å²) in [6, 6.07) is 0. The van der Waals surface area contributed by atoms with Crippen LogP contribution in [-0.4, -0.2) is 34.8 Å². The molecule has 0 aromatic heterocycles. The molecule has 11 heavy (non-hydrogen) atoms. The van der Waals surface area contributed by atoms with Gasteiger partial charge in [-0.25, -0.2) is 0 Å². The van der Waals surface area contributed by atoms with E-state index in [0.717, 1.165) is 6.42 Å². The minimum Gasteiger partial charge on any atom is -0.394 e. The minimum atomic E-state index is -0.0492. The van der Waals surface area contributed by atoms with Crippen LogP contribution in [0.2, 0.25) is 0 Å². The van der Waals surface area contributed by atoms with E-state index in [9.17, 15) is 4.79 Å². The summed E-state index contributed by atoms with van der Waals surface area (Å²) in [6.45, 7) is 2.21. The fourth-order valence-corrected chi connectivity index (χ4v) is 2.04. The van der Waals surface area contributed by atoms with Crippen LogP contribution in [0.15, 0.2) is 0 Å². The monoisotopic (exact) mass is 176 g/mol. The van der Waals surface area contributed by atoms with Crippen LogP contribution in [0, 0.1) is 0 Å². The van der Waals surface area contributed by atoms with E-state index in [1.807, 2.05) is 0 Å². The van der Waals surface area contributed by atoms with Crippen molar-refractivity contribution < 1.29 is 14.6 Å². The summed E-state index contributed by atoms with van der Waals surface area (Å²) in [7, 11) is 0. The van der Waals surface area contributed by atoms with Crippen LogP contribution in [-0.2, 0) is 9.53 Å². The Hall–Kier alpha value is -0.0600. The Morgan fingerprint density at radius 3 is 3.00 bits per heavy atom. The van der Waals surface area contributed by atoms with Gasteiger partial charge in [0.25, 0.3) is 0 Å². The van der Waals surface area contributed by atoms with Crippen LogP contribution in [0.5, 0.6) is 0 Å². The SMILES string of the molecule is CC(=O)S[C@H]1CO[C@H](CO)C1. The number of carbonyl (C=O) groups is 1. The molecule has 1 N–H and O–H groups in total. The summed E-state index contributed by atoms with van der Waals surface area (Å²) in [6.07, 6.45) is 0.743. The molecule has 1 rings (SSSR count). The second-order valence-corrected chi connectivity index (χ2v) is 4.08. The smallest absolute Gasteiger partial charge is 0.186 e. The molecule has 2 atom stereocenters. The first-order valence-electron chi connectivity index (χ1n) is 3.62. The molecule has 1 aliphatic heterocycles. The Kier molecular flexibility index (Phi) is 3.36. The van der Waals surface area contributed by atoms with Crippen molar-refractivity contribution in [3.8, 4) is 0 Å². The minimum absolute atomic E-state index is 0.0492. The highest BCUT2D eigenvalue weighted by Gasteiger charge is 2.26. The Labute approximate surface area is 70.1 Å². The zero-order chi connectivity index (χ0) is 8.27. The molecule has 0 radical (unpaired) electrons. The summed E-state index contributed by atoms with van der Waals surface area (Å²) in [5.41, 5.74) is 0. The van der Waals surface area contributed by atoms with Crippen LogP contribution >= 0.6 is 11.8 Å². The van der Waals surface area contributed by atoms with E-state index in [2.05, 4.69) is 0 Å². The number of ether oxygens (including phenoxy) is 1. The molecule has 0 bridgehead atoms. The van der Waals surface area contributed by atoms with E-state index in [-0.39, 0.29) is 23.1 Å². The third kappa shape index (κ3) is 2.81. The lowest BCUT2D eigenvalue weighted by molar-refractivity contribution is -0.109. The molecule has 1 aliphatic rings. The molecule has 1 fully saturated rings. The topological polar surface area (TPSA) is 46.5 Å². The van der Waals surface area contributed by atoms with Gasteiger partial charge in [-0.2, -0.15) is 0 Å². The quantitative estimate of drug-likeness (QED) is 0.662. The maximum absolute atomic E-state index is 10.6. The van der Waals surface area contributed by atoms with Crippen molar-refractivity contribution >= 4 is 16.9 Å². The number of aliphatic hydroxyl groups excluding tert-OH is 1. The lowest BCUT2D eigenvalue weighted by Crippen LogP contribution is -2.10. The summed E-state index contributed by atoms with van der Waals surface area (Å²) in [5.74, 6) is 0. The normalized spacial score (nSPS) is 30.7. The van der Waals surface area contributed by atoms with Crippen molar-refractivity contribution in [1.29, 1.82) is 0 Å². The van der Waals surface area contributed by atoms with Gasteiger partial charge in [0.2, 0.25) is 0 Å². The largest absolute Gasteiger partial charge is 0.394 e. The van der Waals surface area contributed by atoms with Gasteiger partial charge in [0.05, 0.1) is 19.3 Å². The highest BCUT2D eigenvalue weighted by Crippen LogP contribution is 2.24. The standard InChI is InChI=1S/C7H12O3S/c1-5(9)11-7-2-6(3-8)10-4-7/h6-8H,2-4H2,1H3/t6-,7+/m0/s1. The van der Waals surface area contributed by atoms with Gasteiger partial charge < -0.3 is 9.84 Å². The van der Waals surface area contributed by atoms with Crippen LogP contribution in [0.3, 0.4) is 0 Å². The fraction of sp³-hybridized carbons (Fsp3) is 0.857. The summed E-state index contributed by atoms with van der Waals surface area (Å²) < 4.78 is 5.19.